The number of hydrogen-bond donors (Lipinski definition) is 0. The molecule has 0 aromatic heterocycles. The van der Waals surface area contributed by atoms with Gasteiger partial charge in [0.05, 0.1) is 38.5 Å². The normalized spacial score (nSPS) is 10.8. The monoisotopic (exact) mass is 430 g/mol. The van der Waals surface area contributed by atoms with Gasteiger partial charge in [0, 0.05) is 6.08 Å². The summed E-state index contributed by atoms with van der Waals surface area (Å²) in [5, 5.41) is 9.68. The number of ether oxygens (including phenoxy) is 3. The van der Waals surface area contributed by atoms with Gasteiger partial charge >= 0.3 is 5.97 Å². The molecule has 0 aliphatic carbocycles. The molecule has 6 heteroatoms. The van der Waals surface area contributed by atoms with Crippen molar-refractivity contribution in [3.05, 3.63) is 83.7 Å². The number of carbonyl (C=O) groups is 1. The number of nitriles is 1. The Morgan fingerprint density at radius 3 is 2.16 bits per heavy atom. The highest BCUT2D eigenvalue weighted by molar-refractivity contribution is 5.99. The van der Waals surface area contributed by atoms with E-state index in [1.807, 2.05) is 0 Å². The van der Waals surface area contributed by atoms with Crippen LogP contribution in [0.5, 0.6) is 11.5 Å². The number of methoxy groups -OCH3 is 1. The minimum atomic E-state index is -0.390. The first-order valence-corrected chi connectivity index (χ1v) is 10.3. The summed E-state index contributed by atoms with van der Waals surface area (Å²) < 4.78 is 15.8. The zero-order valence-corrected chi connectivity index (χ0v) is 18.2. The van der Waals surface area contributed by atoms with E-state index in [4.69, 9.17) is 20.8 Å². The zero-order chi connectivity index (χ0) is 23.2. The van der Waals surface area contributed by atoms with Gasteiger partial charge in [-0.15, -0.1) is 0 Å². The molecule has 0 unspecified atom stereocenters. The molecule has 2 rings (SSSR count). The molecule has 0 atom stereocenters. The quantitative estimate of drug-likeness (QED) is 0.108. The van der Waals surface area contributed by atoms with Gasteiger partial charge in [-0.1, -0.05) is 30.8 Å². The van der Waals surface area contributed by atoms with Crippen molar-refractivity contribution in [1.29, 1.82) is 5.26 Å². The number of unbranched alkanes of at least 4 members (excludes halogenated alkanes) is 3. The van der Waals surface area contributed by atoms with Crippen molar-refractivity contribution in [2.45, 2.75) is 25.7 Å². The first-order valence-electron chi connectivity index (χ1n) is 10.3. The van der Waals surface area contributed by atoms with E-state index >= 15 is 0 Å². The van der Waals surface area contributed by atoms with Crippen LogP contribution in [0.4, 0.5) is 0 Å². The molecule has 164 valence electrons. The third kappa shape index (κ3) is 7.34. The van der Waals surface area contributed by atoms with E-state index in [-0.39, 0.29) is 0 Å². The van der Waals surface area contributed by atoms with Crippen molar-refractivity contribution in [1.82, 2.24) is 0 Å². The number of nitrogens with zero attached hydrogens (tertiary/aromatic N) is 2. The maximum absolute atomic E-state index is 10.9. The largest absolute Gasteiger partial charge is 0.497 e. The summed E-state index contributed by atoms with van der Waals surface area (Å²) in [6.07, 6.45) is 4.79. The number of hydrogen-bond acceptors (Lipinski definition) is 5. The molecule has 0 heterocycles. The first-order chi connectivity index (χ1) is 15.6. The van der Waals surface area contributed by atoms with Crippen molar-refractivity contribution >= 4 is 17.2 Å². The number of esters is 1. The second-order valence-electron chi connectivity index (χ2n) is 6.83. The highest BCUT2D eigenvalue weighted by Crippen LogP contribution is 2.29. The fourth-order valence-corrected chi connectivity index (χ4v) is 2.97. The Morgan fingerprint density at radius 1 is 1.00 bits per heavy atom. The minimum absolute atomic E-state index is 0.294. The summed E-state index contributed by atoms with van der Waals surface area (Å²) >= 11 is 0. The van der Waals surface area contributed by atoms with E-state index in [0.29, 0.717) is 47.1 Å². The first kappa shape index (κ1) is 24.2. The van der Waals surface area contributed by atoms with Crippen molar-refractivity contribution in [2.24, 2.45) is 0 Å². The average Bonchev–Trinajstić information content (AvgIpc) is 2.84. The summed E-state index contributed by atoms with van der Waals surface area (Å²) in [5.41, 5.74) is 1.93. The van der Waals surface area contributed by atoms with Crippen LogP contribution in [0.25, 0.3) is 16.1 Å². The Hall–Kier alpha value is -4.03. The summed E-state index contributed by atoms with van der Waals surface area (Å²) in [6, 6.07) is 16.4. The molecular formula is C26H26N2O4. The van der Waals surface area contributed by atoms with Gasteiger partial charge in [0.2, 0.25) is 5.70 Å². The van der Waals surface area contributed by atoms with Crippen molar-refractivity contribution in [3.63, 3.8) is 0 Å². The molecular weight excluding hydrogens is 404 g/mol. The Labute approximate surface area is 189 Å². The summed E-state index contributed by atoms with van der Waals surface area (Å²) in [4.78, 5) is 14.5. The summed E-state index contributed by atoms with van der Waals surface area (Å²) in [7, 11) is 1.58. The summed E-state index contributed by atoms with van der Waals surface area (Å²) in [6.45, 7) is 11.9. The van der Waals surface area contributed by atoms with Crippen LogP contribution in [0.3, 0.4) is 0 Å². The fraction of sp³-hybridized carbons (Fsp3) is 0.269. The molecule has 0 bridgehead atoms. The molecule has 2 aromatic rings. The van der Waals surface area contributed by atoms with E-state index in [1.165, 1.54) is 0 Å². The van der Waals surface area contributed by atoms with E-state index < -0.39 is 5.97 Å². The molecule has 0 aliphatic heterocycles. The molecule has 0 spiro atoms. The molecule has 0 saturated carbocycles. The van der Waals surface area contributed by atoms with E-state index in [2.05, 4.69) is 17.5 Å². The average molecular weight is 431 g/mol. The van der Waals surface area contributed by atoms with Crippen LogP contribution in [0.1, 0.15) is 36.8 Å². The lowest BCUT2D eigenvalue weighted by molar-refractivity contribution is -0.137. The van der Waals surface area contributed by atoms with E-state index in [0.717, 1.165) is 31.8 Å². The van der Waals surface area contributed by atoms with Gasteiger partial charge in [0.15, 0.2) is 0 Å². The highest BCUT2D eigenvalue weighted by atomic mass is 16.5. The molecule has 0 fully saturated rings. The van der Waals surface area contributed by atoms with Gasteiger partial charge in [-0.05, 0) is 61.1 Å². The zero-order valence-electron chi connectivity index (χ0n) is 18.2. The Kier molecular flexibility index (Phi) is 10.1. The van der Waals surface area contributed by atoms with Crippen LogP contribution in [0.15, 0.2) is 61.2 Å². The molecule has 0 N–H and O–H groups in total. The van der Waals surface area contributed by atoms with Crippen LogP contribution in [-0.4, -0.2) is 26.3 Å². The van der Waals surface area contributed by atoms with Crippen molar-refractivity contribution in [3.8, 4) is 17.6 Å². The van der Waals surface area contributed by atoms with Crippen LogP contribution >= 0.6 is 0 Å². The Balaban J connectivity index is 1.90. The molecule has 6 nitrogen and oxygen atoms in total. The maximum atomic E-state index is 10.9. The minimum Gasteiger partial charge on any atom is -0.497 e. The van der Waals surface area contributed by atoms with Gasteiger partial charge in [0.1, 0.15) is 11.5 Å². The fourth-order valence-electron chi connectivity index (χ4n) is 2.97. The third-order valence-electron chi connectivity index (χ3n) is 4.69. The Morgan fingerprint density at radius 2 is 1.59 bits per heavy atom. The number of allylic oxidation sites excluding steroid dienone is 1. The Bertz CT molecular complexity index is 1010. The van der Waals surface area contributed by atoms with Crippen LogP contribution in [0, 0.1) is 17.9 Å². The third-order valence-corrected chi connectivity index (χ3v) is 4.69. The summed E-state index contributed by atoms with van der Waals surface area (Å²) in [5.74, 6) is 1.01. The SMILES string of the molecule is [C-]#[N+]C(=C(C#N)c1ccc(OCCCCCCOC(=O)C=C)cc1)c1ccc(OC)cc1. The number of benzene rings is 2. The lowest BCUT2D eigenvalue weighted by Gasteiger charge is -2.09. The standard InChI is InChI=1S/C26H26N2O4/c1-4-25(29)32-18-8-6-5-7-17-31-23-15-9-20(10-16-23)24(19-27)26(28-2)21-11-13-22(30-3)14-12-21/h4,9-16H,1,5-8,17-18H2,3H3. The predicted octanol–water partition coefficient (Wildman–Crippen LogP) is 5.67. The highest BCUT2D eigenvalue weighted by Gasteiger charge is 2.12. The molecule has 0 saturated heterocycles. The second-order valence-corrected chi connectivity index (χ2v) is 6.83. The maximum Gasteiger partial charge on any atom is 0.330 e. The molecule has 0 aliphatic rings. The molecule has 0 amide bonds. The van der Waals surface area contributed by atoms with E-state index in [1.54, 1.807) is 55.6 Å². The molecule has 0 radical (unpaired) electrons. The lowest BCUT2D eigenvalue weighted by Crippen LogP contribution is -2.02. The van der Waals surface area contributed by atoms with Crippen molar-refractivity contribution < 1.29 is 19.0 Å². The molecule has 32 heavy (non-hydrogen) atoms. The van der Waals surface area contributed by atoms with Crippen LogP contribution < -0.4 is 9.47 Å². The molecule has 2 aromatic carbocycles. The van der Waals surface area contributed by atoms with Gasteiger partial charge in [-0.3, -0.25) is 0 Å². The van der Waals surface area contributed by atoms with Crippen molar-refractivity contribution in [2.75, 3.05) is 20.3 Å². The van der Waals surface area contributed by atoms with Gasteiger partial charge in [0.25, 0.3) is 0 Å². The number of rotatable bonds is 12. The van der Waals surface area contributed by atoms with Crippen LogP contribution in [0.2, 0.25) is 0 Å². The van der Waals surface area contributed by atoms with E-state index in [9.17, 15) is 10.1 Å². The van der Waals surface area contributed by atoms with Gasteiger partial charge in [-0.25, -0.2) is 9.64 Å². The second kappa shape index (κ2) is 13.3. The van der Waals surface area contributed by atoms with Gasteiger partial charge in [-0.2, -0.15) is 5.26 Å². The number of carbonyl (C=O) groups excluding carboxylic acids is 1. The topological polar surface area (TPSA) is 72.9 Å². The van der Waals surface area contributed by atoms with Gasteiger partial charge < -0.3 is 14.2 Å². The lowest BCUT2D eigenvalue weighted by atomic mass is 10.0. The smallest absolute Gasteiger partial charge is 0.330 e. The predicted molar refractivity (Wildman–Crippen MR) is 124 cm³/mol. The van der Waals surface area contributed by atoms with Crippen LogP contribution in [-0.2, 0) is 9.53 Å².